The van der Waals surface area contributed by atoms with Crippen molar-refractivity contribution in [2.24, 2.45) is 4.99 Å². The minimum absolute atomic E-state index is 0.134. The highest BCUT2D eigenvalue weighted by molar-refractivity contribution is 6.30. The van der Waals surface area contributed by atoms with Crippen LogP contribution in [0.5, 0.6) is 0 Å². The molecule has 0 aliphatic carbocycles. The van der Waals surface area contributed by atoms with E-state index in [2.05, 4.69) is 4.99 Å². The number of aliphatic imine (C=N–C) groups is 1. The summed E-state index contributed by atoms with van der Waals surface area (Å²) in [5.74, 6) is -1.22. The molecule has 0 bridgehead atoms. The lowest BCUT2D eigenvalue weighted by molar-refractivity contribution is 0.574. The number of nitrogens with zero attached hydrogens (tertiary/aromatic N) is 1. The summed E-state index contributed by atoms with van der Waals surface area (Å²) in [4.78, 5) is 4.02. The Morgan fingerprint density at radius 1 is 1.06 bits per heavy atom. The van der Waals surface area contributed by atoms with E-state index >= 15 is 0 Å². The zero-order valence-corrected chi connectivity index (χ0v) is 10.4. The molecule has 4 heteroatoms. The first kappa shape index (κ1) is 12.7. The van der Waals surface area contributed by atoms with Crippen LogP contribution in [0.4, 0.5) is 14.5 Å². The van der Waals surface area contributed by atoms with E-state index in [4.69, 9.17) is 11.6 Å². The first-order chi connectivity index (χ1) is 8.58. The van der Waals surface area contributed by atoms with Gasteiger partial charge in [0.1, 0.15) is 11.6 Å². The lowest BCUT2D eigenvalue weighted by Crippen LogP contribution is -1.96. The standard InChI is InChI=1S/C14H10ClF2N/c1-9-2-7-13(16)12(14(9)17)8-18-11-5-3-10(15)4-6-11/h2-8H,1H3. The SMILES string of the molecule is Cc1ccc(F)c(C=Nc2ccc(Cl)cc2)c1F. The summed E-state index contributed by atoms with van der Waals surface area (Å²) in [6.45, 7) is 1.58. The first-order valence-electron chi connectivity index (χ1n) is 5.32. The number of halogens is 3. The maximum Gasteiger partial charge on any atom is 0.137 e. The van der Waals surface area contributed by atoms with Crippen LogP contribution in [0.2, 0.25) is 5.02 Å². The van der Waals surface area contributed by atoms with Crippen LogP contribution in [-0.4, -0.2) is 6.21 Å². The molecule has 0 aliphatic rings. The average molecular weight is 266 g/mol. The van der Waals surface area contributed by atoms with Crippen LogP contribution in [0.3, 0.4) is 0 Å². The van der Waals surface area contributed by atoms with Gasteiger partial charge in [-0.15, -0.1) is 0 Å². The fourth-order valence-corrected chi connectivity index (χ4v) is 1.59. The van der Waals surface area contributed by atoms with Crippen molar-refractivity contribution in [1.29, 1.82) is 0 Å². The average Bonchev–Trinajstić information content (AvgIpc) is 2.36. The minimum Gasteiger partial charge on any atom is -0.256 e. The molecule has 0 aromatic heterocycles. The van der Waals surface area contributed by atoms with Crippen LogP contribution < -0.4 is 0 Å². The van der Waals surface area contributed by atoms with Gasteiger partial charge < -0.3 is 0 Å². The monoisotopic (exact) mass is 265 g/mol. The van der Waals surface area contributed by atoms with Gasteiger partial charge in [-0.05, 0) is 42.8 Å². The number of aryl methyl sites for hydroxylation is 1. The molecule has 18 heavy (non-hydrogen) atoms. The summed E-state index contributed by atoms with van der Waals surface area (Å²) in [7, 11) is 0. The largest absolute Gasteiger partial charge is 0.256 e. The molecule has 2 aromatic rings. The van der Waals surface area contributed by atoms with E-state index in [0.29, 0.717) is 16.3 Å². The number of hydrogen-bond donors (Lipinski definition) is 0. The third-order valence-electron chi connectivity index (χ3n) is 2.49. The second kappa shape index (κ2) is 5.27. The van der Waals surface area contributed by atoms with Gasteiger partial charge in [0.25, 0.3) is 0 Å². The molecule has 1 nitrogen and oxygen atoms in total. The topological polar surface area (TPSA) is 12.4 Å². The lowest BCUT2D eigenvalue weighted by Gasteiger charge is -2.02. The molecule has 2 aromatic carbocycles. The molecular formula is C14H10ClF2N. The summed E-state index contributed by atoms with van der Waals surface area (Å²) >= 11 is 5.73. The molecule has 0 saturated heterocycles. The Morgan fingerprint density at radius 2 is 1.72 bits per heavy atom. The molecule has 92 valence electrons. The van der Waals surface area contributed by atoms with Crippen molar-refractivity contribution in [1.82, 2.24) is 0 Å². The third-order valence-corrected chi connectivity index (χ3v) is 2.74. The van der Waals surface area contributed by atoms with Crippen LogP contribution in [-0.2, 0) is 0 Å². The van der Waals surface area contributed by atoms with Crippen LogP contribution in [0.1, 0.15) is 11.1 Å². The smallest absolute Gasteiger partial charge is 0.137 e. The van der Waals surface area contributed by atoms with E-state index in [1.807, 2.05) is 0 Å². The molecule has 0 fully saturated rings. The molecule has 0 amide bonds. The van der Waals surface area contributed by atoms with E-state index in [-0.39, 0.29) is 5.56 Å². The van der Waals surface area contributed by atoms with Gasteiger partial charge in [-0.25, -0.2) is 8.78 Å². The van der Waals surface area contributed by atoms with Crippen LogP contribution in [0.25, 0.3) is 0 Å². The predicted octanol–water partition coefficient (Wildman–Crippen LogP) is 4.68. The van der Waals surface area contributed by atoms with Crippen molar-refractivity contribution in [3.63, 3.8) is 0 Å². The van der Waals surface area contributed by atoms with E-state index in [9.17, 15) is 8.78 Å². The molecule has 0 heterocycles. The van der Waals surface area contributed by atoms with Gasteiger partial charge in [0.15, 0.2) is 0 Å². The van der Waals surface area contributed by atoms with Crippen LogP contribution in [0, 0.1) is 18.6 Å². The number of hydrogen-bond acceptors (Lipinski definition) is 1. The molecule has 0 atom stereocenters. The third kappa shape index (κ3) is 2.74. The van der Waals surface area contributed by atoms with Crippen LogP contribution >= 0.6 is 11.6 Å². The predicted molar refractivity (Wildman–Crippen MR) is 69.8 cm³/mol. The first-order valence-corrected chi connectivity index (χ1v) is 5.70. The number of rotatable bonds is 2. The normalized spacial score (nSPS) is 11.1. The highest BCUT2D eigenvalue weighted by Gasteiger charge is 2.08. The summed E-state index contributed by atoms with van der Waals surface area (Å²) in [6.07, 6.45) is 1.18. The van der Waals surface area contributed by atoms with E-state index in [1.54, 1.807) is 31.2 Å². The lowest BCUT2D eigenvalue weighted by atomic mass is 10.1. The maximum atomic E-state index is 13.7. The summed E-state index contributed by atoms with van der Waals surface area (Å²) in [5.41, 5.74) is 0.832. The Morgan fingerprint density at radius 3 is 2.39 bits per heavy atom. The van der Waals surface area contributed by atoms with Gasteiger partial charge >= 0.3 is 0 Å². The van der Waals surface area contributed by atoms with Crippen molar-refractivity contribution in [2.45, 2.75) is 6.92 Å². The summed E-state index contributed by atoms with van der Waals surface area (Å²) in [6, 6.07) is 9.29. The van der Waals surface area contributed by atoms with Crippen molar-refractivity contribution >= 4 is 23.5 Å². The molecule has 0 saturated carbocycles. The second-order valence-corrected chi connectivity index (χ2v) is 4.26. The maximum absolute atomic E-state index is 13.7. The second-order valence-electron chi connectivity index (χ2n) is 3.83. The van der Waals surface area contributed by atoms with E-state index in [0.717, 1.165) is 0 Å². The molecule has 0 aliphatic heterocycles. The zero-order valence-electron chi connectivity index (χ0n) is 9.62. The fourth-order valence-electron chi connectivity index (χ4n) is 1.46. The van der Waals surface area contributed by atoms with Gasteiger partial charge in [0.2, 0.25) is 0 Å². The summed E-state index contributed by atoms with van der Waals surface area (Å²) < 4.78 is 27.1. The quantitative estimate of drug-likeness (QED) is 0.699. The molecule has 0 radical (unpaired) electrons. The zero-order chi connectivity index (χ0) is 13.1. The minimum atomic E-state index is -0.629. The van der Waals surface area contributed by atoms with Crippen molar-refractivity contribution in [2.75, 3.05) is 0 Å². The number of benzene rings is 2. The molecule has 0 spiro atoms. The Kier molecular flexibility index (Phi) is 3.72. The van der Waals surface area contributed by atoms with Crippen LogP contribution in [0.15, 0.2) is 41.4 Å². The fraction of sp³-hybridized carbons (Fsp3) is 0.0714. The van der Waals surface area contributed by atoms with Crippen molar-refractivity contribution in [3.8, 4) is 0 Å². The van der Waals surface area contributed by atoms with Gasteiger partial charge in [0, 0.05) is 11.2 Å². The highest BCUT2D eigenvalue weighted by Crippen LogP contribution is 2.18. The molecule has 0 unspecified atom stereocenters. The molecule has 0 N–H and O–H groups in total. The highest BCUT2D eigenvalue weighted by atomic mass is 35.5. The van der Waals surface area contributed by atoms with Gasteiger partial charge in [-0.2, -0.15) is 0 Å². The Hall–Kier alpha value is -1.74. The Bertz CT molecular complexity index is 591. The van der Waals surface area contributed by atoms with Crippen molar-refractivity contribution < 1.29 is 8.78 Å². The summed E-state index contributed by atoms with van der Waals surface area (Å²) in [5, 5.41) is 0.585. The van der Waals surface area contributed by atoms with Gasteiger partial charge in [-0.3, -0.25) is 4.99 Å². The molecule has 2 rings (SSSR count). The van der Waals surface area contributed by atoms with E-state index in [1.165, 1.54) is 18.3 Å². The van der Waals surface area contributed by atoms with Gasteiger partial charge in [0.05, 0.1) is 11.3 Å². The van der Waals surface area contributed by atoms with Crippen molar-refractivity contribution in [3.05, 3.63) is 64.2 Å². The molecular weight excluding hydrogens is 256 g/mol. The van der Waals surface area contributed by atoms with E-state index < -0.39 is 11.6 Å². The van der Waals surface area contributed by atoms with Gasteiger partial charge in [-0.1, -0.05) is 17.7 Å². The Balaban J connectivity index is 2.34. The Labute approximate surface area is 109 Å².